The Hall–Kier alpha value is -3.15. The number of rotatable bonds is 8. The van der Waals surface area contributed by atoms with Crippen LogP contribution in [0.1, 0.15) is 0 Å². The van der Waals surface area contributed by atoms with Crippen molar-refractivity contribution in [3.05, 3.63) is 73.4 Å². The van der Waals surface area contributed by atoms with Crippen molar-refractivity contribution in [2.24, 2.45) is 0 Å². The molecule has 160 valence electrons. The molecule has 0 aliphatic carbocycles. The lowest BCUT2D eigenvalue weighted by atomic mass is 10.3. The van der Waals surface area contributed by atoms with Crippen LogP contribution in [0.4, 0.5) is 11.5 Å². The van der Waals surface area contributed by atoms with Gasteiger partial charge in [-0.15, -0.1) is 0 Å². The Kier molecular flexibility index (Phi) is 7.45. The van der Waals surface area contributed by atoms with Crippen molar-refractivity contribution in [2.75, 3.05) is 12.0 Å². The Balaban J connectivity index is 1.67. The summed E-state index contributed by atoms with van der Waals surface area (Å²) in [6.07, 6.45) is 1.06. The molecule has 10 nitrogen and oxygen atoms in total. The molecule has 1 aromatic heterocycles. The number of anilines is 1. The van der Waals surface area contributed by atoms with Crippen molar-refractivity contribution < 1.29 is 19.2 Å². The zero-order valence-corrected chi connectivity index (χ0v) is 18.4. The van der Waals surface area contributed by atoms with E-state index >= 15 is 0 Å². The smallest absolute Gasteiger partial charge is 0.374 e. The first-order chi connectivity index (χ1) is 14.8. The van der Waals surface area contributed by atoms with Crippen LogP contribution in [0.2, 0.25) is 10.0 Å². The Morgan fingerprint density at radius 2 is 1.90 bits per heavy atom. The van der Waals surface area contributed by atoms with Crippen LogP contribution in [-0.2, 0) is 4.79 Å². The van der Waals surface area contributed by atoms with Crippen LogP contribution in [0.15, 0.2) is 53.3 Å². The van der Waals surface area contributed by atoms with Gasteiger partial charge in [0.15, 0.2) is 6.61 Å². The molecule has 2 aromatic carbocycles. The Labute approximate surface area is 193 Å². The molecule has 2 N–H and O–H groups in total. The van der Waals surface area contributed by atoms with Crippen molar-refractivity contribution in [2.45, 2.75) is 0 Å². The molecule has 0 aliphatic rings. The molecule has 0 spiro atoms. The number of nitrogens with one attached hydrogen (secondary N) is 2. The topological polar surface area (TPSA) is 129 Å². The van der Waals surface area contributed by atoms with E-state index in [0.717, 1.165) is 10.8 Å². The summed E-state index contributed by atoms with van der Waals surface area (Å²) in [5.74, 6) is -0.643. The molecule has 0 atom stereocenters. The lowest BCUT2D eigenvalue weighted by Crippen LogP contribution is -2.34. The van der Waals surface area contributed by atoms with Gasteiger partial charge in [0.05, 0.1) is 9.95 Å². The summed E-state index contributed by atoms with van der Waals surface area (Å²) in [4.78, 5) is 30.4. The summed E-state index contributed by atoms with van der Waals surface area (Å²) in [5.41, 5.74) is 4.07. The second-order valence-corrected chi connectivity index (χ2v) is 7.49. The quantitative estimate of drug-likeness (QED) is 0.316. The summed E-state index contributed by atoms with van der Waals surface area (Å²) in [7, 11) is 0. The number of hydrazine groups is 1. The molecule has 0 saturated carbocycles. The monoisotopic (exact) mass is 527 g/mol. The van der Waals surface area contributed by atoms with Crippen molar-refractivity contribution in [1.29, 1.82) is 0 Å². The van der Waals surface area contributed by atoms with E-state index in [0.29, 0.717) is 10.8 Å². The highest BCUT2D eigenvalue weighted by atomic mass is 79.9. The zero-order chi connectivity index (χ0) is 22.4. The third-order valence-electron chi connectivity index (χ3n) is 3.57. The first-order valence-corrected chi connectivity index (χ1v) is 9.94. The predicted octanol–water partition coefficient (Wildman–Crippen LogP) is 4.77. The van der Waals surface area contributed by atoms with Gasteiger partial charge in [-0.05, 0) is 42.5 Å². The summed E-state index contributed by atoms with van der Waals surface area (Å²) in [5, 5.41) is 12.2. The maximum absolute atomic E-state index is 12.0. The van der Waals surface area contributed by atoms with E-state index in [1.807, 2.05) is 0 Å². The largest absolute Gasteiger partial charge is 0.482 e. The number of carbonyl (C=O) groups is 1. The van der Waals surface area contributed by atoms with E-state index in [4.69, 9.17) is 32.7 Å². The third kappa shape index (κ3) is 6.17. The van der Waals surface area contributed by atoms with E-state index in [-0.39, 0.29) is 22.5 Å². The first-order valence-electron chi connectivity index (χ1n) is 8.39. The van der Waals surface area contributed by atoms with E-state index in [9.17, 15) is 14.9 Å². The van der Waals surface area contributed by atoms with Crippen molar-refractivity contribution in [1.82, 2.24) is 15.4 Å². The van der Waals surface area contributed by atoms with Gasteiger partial charge in [0.1, 0.15) is 17.8 Å². The van der Waals surface area contributed by atoms with Gasteiger partial charge in [-0.3, -0.25) is 25.8 Å². The summed E-state index contributed by atoms with van der Waals surface area (Å²) in [6, 6.07) is 11.1. The van der Waals surface area contributed by atoms with Crippen LogP contribution >= 0.6 is 39.1 Å². The summed E-state index contributed by atoms with van der Waals surface area (Å²) < 4.78 is 11.6. The van der Waals surface area contributed by atoms with Gasteiger partial charge < -0.3 is 9.47 Å². The molecule has 3 rings (SSSR count). The minimum Gasteiger partial charge on any atom is -0.482 e. The van der Waals surface area contributed by atoms with Crippen LogP contribution in [0.5, 0.6) is 17.4 Å². The minimum absolute atomic E-state index is 0.231. The highest BCUT2D eigenvalue weighted by molar-refractivity contribution is 9.10. The Morgan fingerprint density at radius 3 is 2.58 bits per heavy atom. The van der Waals surface area contributed by atoms with Gasteiger partial charge in [-0.2, -0.15) is 4.98 Å². The molecule has 0 bridgehead atoms. The van der Waals surface area contributed by atoms with Crippen molar-refractivity contribution >= 4 is 56.5 Å². The van der Waals surface area contributed by atoms with Crippen LogP contribution in [-0.4, -0.2) is 27.4 Å². The third-order valence-corrected chi connectivity index (χ3v) is 4.63. The lowest BCUT2D eigenvalue weighted by molar-refractivity contribution is -0.385. The number of nitrogens with zero attached hydrogens (tertiary/aromatic N) is 3. The highest BCUT2D eigenvalue weighted by Crippen LogP contribution is 2.34. The number of ether oxygens (including phenoxy) is 2. The number of hydrogen-bond acceptors (Lipinski definition) is 8. The molecule has 1 amide bonds. The van der Waals surface area contributed by atoms with Gasteiger partial charge in [-0.1, -0.05) is 39.1 Å². The van der Waals surface area contributed by atoms with E-state index < -0.39 is 23.1 Å². The summed E-state index contributed by atoms with van der Waals surface area (Å²) in [6.45, 7) is -0.421. The maximum Gasteiger partial charge on any atom is 0.374 e. The number of halogens is 3. The van der Waals surface area contributed by atoms with Crippen LogP contribution in [0.25, 0.3) is 0 Å². The molecule has 0 radical (unpaired) electrons. The fraction of sp³-hybridized carbons (Fsp3) is 0.0556. The normalized spacial score (nSPS) is 10.3. The standard InChI is InChI=1S/C18H12BrCl2N5O5/c19-10-1-4-12(5-2-10)31-18-16(26(28)29)17(22-9-23-18)25-24-15(27)8-30-14-6-3-11(20)7-13(14)21/h1-7,9H,8H2,(H,24,27)(H,22,23,25). The van der Waals surface area contributed by atoms with Gasteiger partial charge >= 0.3 is 11.6 Å². The maximum atomic E-state index is 12.0. The number of nitro groups is 1. The predicted molar refractivity (Wildman–Crippen MR) is 117 cm³/mol. The van der Waals surface area contributed by atoms with Crippen molar-refractivity contribution in [3.8, 4) is 17.4 Å². The second-order valence-electron chi connectivity index (χ2n) is 5.73. The number of aromatic nitrogens is 2. The Morgan fingerprint density at radius 1 is 1.16 bits per heavy atom. The van der Waals surface area contributed by atoms with Crippen LogP contribution in [0, 0.1) is 10.1 Å². The zero-order valence-electron chi connectivity index (χ0n) is 15.3. The van der Waals surface area contributed by atoms with Gasteiger partial charge in [-0.25, -0.2) is 4.98 Å². The fourth-order valence-corrected chi connectivity index (χ4v) is 2.94. The molecule has 0 fully saturated rings. The average molecular weight is 529 g/mol. The molecule has 3 aromatic rings. The first kappa shape index (κ1) is 22.5. The number of hydrogen-bond donors (Lipinski definition) is 2. The molecule has 1 heterocycles. The van der Waals surface area contributed by atoms with E-state index in [2.05, 4.69) is 36.7 Å². The van der Waals surface area contributed by atoms with E-state index in [1.165, 1.54) is 12.1 Å². The molecule has 13 heteroatoms. The second kappa shape index (κ2) is 10.2. The van der Waals surface area contributed by atoms with Gasteiger partial charge in [0.25, 0.3) is 5.91 Å². The molecule has 0 aliphatic heterocycles. The van der Waals surface area contributed by atoms with Gasteiger partial charge in [0.2, 0.25) is 5.82 Å². The summed E-state index contributed by atoms with van der Waals surface area (Å²) >= 11 is 15.1. The molecule has 31 heavy (non-hydrogen) atoms. The average Bonchev–Trinajstić information content (AvgIpc) is 2.73. The van der Waals surface area contributed by atoms with Crippen molar-refractivity contribution in [3.63, 3.8) is 0 Å². The fourth-order valence-electron chi connectivity index (χ4n) is 2.21. The molecular weight excluding hydrogens is 517 g/mol. The Bertz CT molecular complexity index is 1120. The molecule has 0 saturated heterocycles. The number of benzene rings is 2. The SMILES string of the molecule is O=C(COc1ccc(Cl)cc1Cl)NNc1ncnc(Oc2ccc(Br)cc2)c1[N+](=O)[O-]. The highest BCUT2D eigenvalue weighted by Gasteiger charge is 2.25. The van der Waals surface area contributed by atoms with Crippen LogP contribution < -0.4 is 20.3 Å². The minimum atomic E-state index is -0.730. The molecule has 0 unspecified atom stereocenters. The number of carbonyl (C=O) groups excluding carboxylic acids is 1. The number of amides is 1. The molecular formula is C18H12BrCl2N5O5. The lowest BCUT2D eigenvalue weighted by Gasteiger charge is -2.11. The van der Waals surface area contributed by atoms with E-state index in [1.54, 1.807) is 30.3 Å². The van der Waals surface area contributed by atoms with Crippen LogP contribution in [0.3, 0.4) is 0 Å². The van der Waals surface area contributed by atoms with Gasteiger partial charge in [0, 0.05) is 9.50 Å².